The van der Waals surface area contributed by atoms with E-state index in [1.165, 1.54) is 37.8 Å². The van der Waals surface area contributed by atoms with Crippen LogP contribution in [0.3, 0.4) is 0 Å². The Bertz CT molecular complexity index is 352. The van der Waals surface area contributed by atoms with Crippen LogP contribution >= 0.6 is 0 Å². The molecule has 2 rings (SSSR count). The average molecular weight is 261 g/mol. The van der Waals surface area contributed by atoms with E-state index < -0.39 is 0 Å². The molecule has 3 heteroatoms. The maximum atomic E-state index is 4.31. The molecule has 0 amide bonds. The molecule has 0 saturated carbocycles. The third kappa shape index (κ3) is 4.02. The summed E-state index contributed by atoms with van der Waals surface area (Å²) in [4.78, 5) is 6.82. The fraction of sp³-hybridized carbons (Fsp3) is 0.688. The van der Waals surface area contributed by atoms with E-state index in [9.17, 15) is 0 Å². The van der Waals surface area contributed by atoms with Crippen molar-refractivity contribution in [2.45, 2.75) is 38.6 Å². The molecule has 1 aliphatic rings. The molecule has 0 aromatic carbocycles. The lowest BCUT2D eigenvalue weighted by atomic mass is 9.90. The lowest BCUT2D eigenvalue weighted by Gasteiger charge is -2.32. The molecule has 1 saturated heterocycles. The van der Waals surface area contributed by atoms with Crippen molar-refractivity contribution in [2.24, 2.45) is 5.92 Å². The fourth-order valence-electron chi connectivity index (χ4n) is 3.18. The molecule has 2 heterocycles. The lowest BCUT2D eigenvalue weighted by molar-refractivity contribution is 0.189. The van der Waals surface area contributed by atoms with E-state index in [1.807, 2.05) is 12.4 Å². The molecule has 3 nitrogen and oxygen atoms in total. The van der Waals surface area contributed by atoms with Crippen LogP contribution < -0.4 is 5.32 Å². The number of nitrogens with zero attached hydrogens (tertiary/aromatic N) is 2. The van der Waals surface area contributed by atoms with Crippen LogP contribution in [0.25, 0.3) is 0 Å². The second-order valence-corrected chi connectivity index (χ2v) is 5.67. The zero-order valence-electron chi connectivity index (χ0n) is 12.3. The minimum absolute atomic E-state index is 0.514. The number of aromatic nitrogens is 1. The van der Waals surface area contributed by atoms with E-state index in [0.717, 1.165) is 13.1 Å². The summed E-state index contributed by atoms with van der Waals surface area (Å²) < 4.78 is 0. The van der Waals surface area contributed by atoms with Gasteiger partial charge in [0.05, 0.1) is 0 Å². The van der Waals surface area contributed by atoms with Gasteiger partial charge in [-0.25, -0.2) is 0 Å². The van der Waals surface area contributed by atoms with Gasteiger partial charge in [-0.2, -0.15) is 0 Å². The zero-order valence-corrected chi connectivity index (χ0v) is 12.3. The van der Waals surface area contributed by atoms with Crippen molar-refractivity contribution in [3.05, 3.63) is 30.1 Å². The van der Waals surface area contributed by atoms with Crippen LogP contribution in [0.2, 0.25) is 0 Å². The van der Waals surface area contributed by atoms with Gasteiger partial charge in [0, 0.05) is 18.4 Å². The summed E-state index contributed by atoms with van der Waals surface area (Å²) in [6, 6.07) is 4.80. The van der Waals surface area contributed by atoms with Crippen molar-refractivity contribution >= 4 is 0 Å². The summed E-state index contributed by atoms with van der Waals surface area (Å²) in [6.45, 7) is 5.67. The molecule has 106 valence electrons. The van der Waals surface area contributed by atoms with Crippen LogP contribution in [0.4, 0.5) is 0 Å². The van der Waals surface area contributed by atoms with E-state index in [-0.39, 0.29) is 0 Å². The van der Waals surface area contributed by atoms with Gasteiger partial charge >= 0.3 is 0 Å². The summed E-state index contributed by atoms with van der Waals surface area (Å²) in [6.07, 6.45) is 9.10. The van der Waals surface area contributed by atoms with Gasteiger partial charge in [-0.15, -0.1) is 0 Å². The Labute approximate surface area is 117 Å². The van der Waals surface area contributed by atoms with E-state index in [4.69, 9.17) is 0 Å². The summed E-state index contributed by atoms with van der Waals surface area (Å²) in [5.41, 5.74) is 1.37. The van der Waals surface area contributed by atoms with Gasteiger partial charge in [-0.3, -0.25) is 9.88 Å². The molecule has 0 bridgehead atoms. The topological polar surface area (TPSA) is 28.2 Å². The molecule has 2 atom stereocenters. The Morgan fingerprint density at radius 1 is 1.42 bits per heavy atom. The van der Waals surface area contributed by atoms with Gasteiger partial charge in [0.25, 0.3) is 0 Å². The predicted molar refractivity (Wildman–Crippen MR) is 80.1 cm³/mol. The van der Waals surface area contributed by atoms with Crippen LogP contribution in [-0.4, -0.2) is 36.6 Å². The molecule has 0 radical (unpaired) electrons. The highest BCUT2D eigenvalue weighted by Gasteiger charge is 2.28. The molecule has 0 spiro atoms. The molecule has 1 fully saturated rings. The molecule has 1 N–H and O–H groups in total. The van der Waals surface area contributed by atoms with Crippen molar-refractivity contribution < 1.29 is 0 Å². The Hall–Kier alpha value is -0.930. The number of hydrogen-bond donors (Lipinski definition) is 1. The maximum Gasteiger partial charge on any atom is 0.0400 e. The zero-order chi connectivity index (χ0) is 13.5. The van der Waals surface area contributed by atoms with Crippen molar-refractivity contribution in [2.75, 3.05) is 26.7 Å². The minimum atomic E-state index is 0.514. The highest BCUT2D eigenvalue weighted by molar-refractivity contribution is 5.15. The second-order valence-electron chi connectivity index (χ2n) is 5.67. The van der Waals surface area contributed by atoms with Gasteiger partial charge < -0.3 is 5.32 Å². The van der Waals surface area contributed by atoms with Crippen LogP contribution in [-0.2, 0) is 0 Å². The number of hydrogen-bond acceptors (Lipinski definition) is 3. The molecular weight excluding hydrogens is 234 g/mol. The highest BCUT2D eigenvalue weighted by atomic mass is 15.1. The minimum Gasteiger partial charge on any atom is -0.316 e. The van der Waals surface area contributed by atoms with Crippen molar-refractivity contribution in [3.63, 3.8) is 0 Å². The molecule has 1 aliphatic heterocycles. The third-order valence-electron chi connectivity index (χ3n) is 4.12. The maximum absolute atomic E-state index is 4.31. The Kier molecular flexibility index (Phi) is 5.80. The first-order valence-electron chi connectivity index (χ1n) is 7.63. The number of likely N-dealkylation sites (tertiary alicyclic amines) is 1. The molecule has 1 aromatic heterocycles. The fourth-order valence-corrected chi connectivity index (χ4v) is 3.18. The number of pyridine rings is 1. The SMILES string of the molecule is CCCNCC1CCCCN(C)C1c1cccnc1. The Morgan fingerprint density at radius 3 is 3.05 bits per heavy atom. The quantitative estimate of drug-likeness (QED) is 0.826. The first-order valence-corrected chi connectivity index (χ1v) is 7.63. The molecule has 0 aliphatic carbocycles. The second kappa shape index (κ2) is 7.61. The van der Waals surface area contributed by atoms with Crippen molar-refractivity contribution in [1.29, 1.82) is 0 Å². The smallest absolute Gasteiger partial charge is 0.0400 e. The van der Waals surface area contributed by atoms with Gasteiger partial charge in [-0.05, 0) is 63.5 Å². The van der Waals surface area contributed by atoms with Gasteiger partial charge in [0.15, 0.2) is 0 Å². The van der Waals surface area contributed by atoms with E-state index >= 15 is 0 Å². The molecule has 19 heavy (non-hydrogen) atoms. The Morgan fingerprint density at radius 2 is 2.32 bits per heavy atom. The van der Waals surface area contributed by atoms with E-state index in [1.54, 1.807) is 0 Å². The van der Waals surface area contributed by atoms with Crippen molar-refractivity contribution in [1.82, 2.24) is 15.2 Å². The monoisotopic (exact) mass is 261 g/mol. The average Bonchev–Trinajstić information content (AvgIpc) is 2.62. The van der Waals surface area contributed by atoms with E-state index in [2.05, 4.69) is 41.3 Å². The summed E-state index contributed by atoms with van der Waals surface area (Å²) in [5, 5.41) is 3.61. The Balaban J connectivity index is 2.11. The summed E-state index contributed by atoms with van der Waals surface area (Å²) in [7, 11) is 2.26. The molecular formula is C16H27N3. The molecule has 1 aromatic rings. The van der Waals surface area contributed by atoms with Crippen LogP contribution in [0.1, 0.15) is 44.2 Å². The van der Waals surface area contributed by atoms with Crippen LogP contribution in [0.15, 0.2) is 24.5 Å². The van der Waals surface area contributed by atoms with Gasteiger partial charge in [0.2, 0.25) is 0 Å². The predicted octanol–water partition coefficient (Wildman–Crippen LogP) is 2.85. The standard InChI is InChI=1S/C16H27N3/c1-3-9-17-12-14-7-4-5-11-19(2)16(14)15-8-6-10-18-13-15/h6,8,10,13-14,16-17H,3-5,7,9,11-12H2,1-2H3. The highest BCUT2D eigenvalue weighted by Crippen LogP contribution is 2.33. The summed E-state index contributed by atoms with van der Waals surface area (Å²) >= 11 is 0. The van der Waals surface area contributed by atoms with Crippen LogP contribution in [0, 0.1) is 5.92 Å². The van der Waals surface area contributed by atoms with E-state index in [0.29, 0.717) is 12.0 Å². The van der Waals surface area contributed by atoms with Gasteiger partial charge in [0.1, 0.15) is 0 Å². The lowest BCUT2D eigenvalue weighted by Crippen LogP contribution is -2.35. The first-order chi connectivity index (χ1) is 9.33. The third-order valence-corrected chi connectivity index (χ3v) is 4.12. The van der Waals surface area contributed by atoms with Crippen LogP contribution in [0.5, 0.6) is 0 Å². The summed E-state index contributed by atoms with van der Waals surface area (Å²) in [5.74, 6) is 0.697. The first kappa shape index (κ1) is 14.5. The number of nitrogens with one attached hydrogen (secondary N) is 1. The molecule has 2 unspecified atom stereocenters. The number of rotatable bonds is 5. The largest absolute Gasteiger partial charge is 0.316 e. The van der Waals surface area contributed by atoms with Gasteiger partial charge in [-0.1, -0.05) is 19.4 Å². The van der Waals surface area contributed by atoms with Crippen molar-refractivity contribution in [3.8, 4) is 0 Å². The normalized spacial score (nSPS) is 25.2.